The number of ether oxygens (including phenoxy) is 1. The SMILES string of the molecule is COc1ccccc1C(=O)N1CCN(c2ccc(Cl)c(Cl)c2)CC1. The summed E-state index contributed by atoms with van der Waals surface area (Å²) in [4.78, 5) is 16.8. The van der Waals surface area contributed by atoms with E-state index in [-0.39, 0.29) is 5.91 Å². The van der Waals surface area contributed by atoms with E-state index in [1.807, 2.05) is 29.2 Å². The Balaban J connectivity index is 1.68. The molecule has 2 aromatic rings. The van der Waals surface area contributed by atoms with Gasteiger partial charge in [0.2, 0.25) is 0 Å². The summed E-state index contributed by atoms with van der Waals surface area (Å²) in [7, 11) is 1.58. The van der Waals surface area contributed by atoms with Crippen molar-refractivity contribution in [1.29, 1.82) is 0 Å². The highest BCUT2D eigenvalue weighted by molar-refractivity contribution is 6.42. The van der Waals surface area contributed by atoms with E-state index in [4.69, 9.17) is 27.9 Å². The van der Waals surface area contributed by atoms with Gasteiger partial charge in [0.25, 0.3) is 5.91 Å². The van der Waals surface area contributed by atoms with E-state index in [0.717, 1.165) is 18.8 Å². The van der Waals surface area contributed by atoms with E-state index in [2.05, 4.69) is 4.90 Å². The number of hydrogen-bond donors (Lipinski definition) is 0. The summed E-state index contributed by atoms with van der Waals surface area (Å²) in [6, 6.07) is 12.9. The van der Waals surface area contributed by atoms with Gasteiger partial charge in [0.15, 0.2) is 0 Å². The van der Waals surface area contributed by atoms with Gasteiger partial charge in [-0.3, -0.25) is 4.79 Å². The smallest absolute Gasteiger partial charge is 0.257 e. The lowest BCUT2D eigenvalue weighted by atomic mass is 10.1. The van der Waals surface area contributed by atoms with E-state index < -0.39 is 0 Å². The number of carbonyl (C=O) groups excluding carboxylic acids is 1. The second kappa shape index (κ2) is 7.32. The summed E-state index contributed by atoms with van der Waals surface area (Å²) in [5.41, 5.74) is 1.62. The van der Waals surface area contributed by atoms with Crippen molar-refractivity contribution in [2.45, 2.75) is 0 Å². The average Bonchev–Trinajstić information content (AvgIpc) is 2.63. The van der Waals surface area contributed by atoms with Crippen LogP contribution in [0.15, 0.2) is 42.5 Å². The third-order valence-electron chi connectivity index (χ3n) is 4.17. The number of carbonyl (C=O) groups is 1. The topological polar surface area (TPSA) is 32.8 Å². The molecule has 4 nitrogen and oxygen atoms in total. The number of anilines is 1. The van der Waals surface area contributed by atoms with Gasteiger partial charge in [0.05, 0.1) is 22.7 Å². The van der Waals surface area contributed by atoms with Crippen LogP contribution in [0.1, 0.15) is 10.4 Å². The molecule has 1 amide bonds. The summed E-state index contributed by atoms with van der Waals surface area (Å²) in [5.74, 6) is 0.607. The molecule has 1 fully saturated rings. The Kier molecular flexibility index (Phi) is 5.17. The minimum atomic E-state index is 0.00115. The van der Waals surface area contributed by atoms with E-state index in [9.17, 15) is 4.79 Å². The number of halogens is 2. The summed E-state index contributed by atoms with van der Waals surface area (Å²) in [5, 5.41) is 1.09. The molecule has 0 bridgehead atoms. The number of benzene rings is 2. The number of para-hydroxylation sites is 1. The van der Waals surface area contributed by atoms with Crippen molar-refractivity contribution < 1.29 is 9.53 Å². The van der Waals surface area contributed by atoms with Crippen LogP contribution in [-0.2, 0) is 0 Å². The van der Waals surface area contributed by atoms with Crippen LogP contribution in [-0.4, -0.2) is 44.1 Å². The third-order valence-corrected chi connectivity index (χ3v) is 4.91. The van der Waals surface area contributed by atoms with Gasteiger partial charge in [-0.2, -0.15) is 0 Å². The monoisotopic (exact) mass is 364 g/mol. The Hall–Kier alpha value is -1.91. The lowest BCUT2D eigenvalue weighted by Crippen LogP contribution is -2.48. The zero-order valence-corrected chi connectivity index (χ0v) is 14.8. The summed E-state index contributed by atoms with van der Waals surface area (Å²) in [6.45, 7) is 2.80. The maximum atomic E-state index is 12.7. The average molecular weight is 365 g/mol. The number of rotatable bonds is 3. The van der Waals surface area contributed by atoms with Crippen LogP contribution in [0, 0.1) is 0 Å². The molecule has 3 rings (SSSR count). The predicted octanol–water partition coefficient (Wildman–Crippen LogP) is 3.96. The maximum absolute atomic E-state index is 12.7. The van der Waals surface area contributed by atoms with Crippen LogP contribution in [0.3, 0.4) is 0 Å². The summed E-state index contributed by atoms with van der Waals surface area (Å²) >= 11 is 12.1. The first-order valence-electron chi connectivity index (χ1n) is 7.72. The molecule has 1 aliphatic rings. The highest BCUT2D eigenvalue weighted by Gasteiger charge is 2.24. The van der Waals surface area contributed by atoms with Gasteiger partial charge < -0.3 is 14.5 Å². The largest absolute Gasteiger partial charge is 0.496 e. The third kappa shape index (κ3) is 3.45. The van der Waals surface area contributed by atoms with Crippen molar-refractivity contribution in [2.24, 2.45) is 0 Å². The Morgan fingerprint density at radius 3 is 2.38 bits per heavy atom. The summed E-state index contributed by atoms with van der Waals surface area (Å²) < 4.78 is 5.29. The van der Waals surface area contributed by atoms with E-state index in [0.29, 0.717) is 34.4 Å². The molecule has 0 radical (unpaired) electrons. The molecule has 24 heavy (non-hydrogen) atoms. The number of amides is 1. The van der Waals surface area contributed by atoms with Gasteiger partial charge in [-0.15, -0.1) is 0 Å². The molecule has 126 valence electrons. The first kappa shape index (κ1) is 16.9. The first-order chi connectivity index (χ1) is 11.6. The molecule has 0 spiro atoms. The minimum Gasteiger partial charge on any atom is -0.496 e. The van der Waals surface area contributed by atoms with Crippen LogP contribution in [0.2, 0.25) is 10.0 Å². The van der Waals surface area contributed by atoms with Crippen molar-refractivity contribution in [3.8, 4) is 5.75 Å². The second-order valence-corrected chi connectivity index (χ2v) is 6.39. The molecule has 0 N–H and O–H groups in total. The fraction of sp³-hybridized carbons (Fsp3) is 0.278. The number of nitrogens with zero attached hydrogens (tertiary/aromatic N) is 2. The fourth-order valence-electron chi connectivity index (χ4n) is 2.84. The molecule has 1 saturated heterocycles. The molecule has 2 aromatic carbocycles. The van der Waals surface area contributed by atoms with Gasteiger partial charge in [-0.05, 0) is 30.3 Å². The van der Waals surface area contributed by atoms with E-state index in [1.165, 1.54) is 0 Å². The highest BCUT2D eigenvalue weighted by atomic mass is 35.5. The molecule has 0 aliphatic carbocycles. The Labute approximate surface area is 151 Å². The highest BCUT2D eigenvalue weighted by Crippen LogP contribution is 2.28. The Morgan fingerprint density at radius 2 is 1.71 bits per heavy atom. The molecule has 0 atom stereocenters. The van der Waals surface area contributed by atoms with Crippen LogP contribution < -0.4 is 9.64 Å². The molecule has 1 heterocycles. The zero-order valence-electron chi connectivity index (χ0n) is 13.3. The predicted molar refractivity (Wildman–Crippen MR) is 97.6 cm³/mol. The van der Waals surface area contributed by atoms with E-state index in [1.54, 1.807) is 25.3 Å². The number of piperazine rings is 1. The number of methoxy groups -OCH3 is 1. The van der Waals surface area contributed by atoms with Gasteiger partial charge in [-0.1, -0.05) is 35.3 Å². The molecular formula is C18H18Cl2N2O2. The maximum Gasteiger partial charge on any atom is 0.257 e. The molecule has 0 aromatic heterocycles. The molecule has 0 unspecified atom stereocenters. The van der Waals surface area contributed by atoms with Crippen molar-refractivity contribution in [1.82, 2.24) is 4.90 Å². The Morgan fingerprint density at radius 1 is 1.00 bits per heavy atom. The lowest BCUT2D eigenvalue weighted by molar-refractivity contribution is 0.0743. The van der Waals surface area contributed by atoms with E-state index >= 15 is 0 Å². The van der Waals surface area contributed by atoms with Gasteiger partial charge >= 0.3 is 0 Å². The van der Waals surface area contributed by atoms with Crippen LogP contribution in [0.4, 0.5) is 5.69 Å². The van der Waals surface area contributed by atoms with Gasteiger partial charge in [0, 0.05) is 31.9 Å². The molecule has 6 heteroatoms. The van der Waals surface area contributed by atoms with Crippen molar-refractivity contribution >= 4 is 34.8 Å². The lowest BCUT2D eigenvalue weighted by Gasteiger charge is -2.36. The minimum absolute atomic E-state index is 0.00115. The Bertz CT molecular complexity index is 744. The zero-order chi connectivity index (χ0) is 17.1. The molecular weight excluding hydrogens is 347 g/mol. The van der Waals surface area contributed by atoms with Crippen LogP contribution >= 0.6 is 23.2 Å². The van der Waals surface area contributed by atoms with Gasteiger partial charge in [0.1, 0.15) is 5.75 Å². The quantitative estimate of drug-likeness (QED) is 0.825. The fourth-order valence-corrected chi connectivity index (χ4v) is 3.13. The molecule has 1 aliphatic heterocycles. The number of hydrogen-bond acceptors (Lipinski definition) is 3. The molecule has 0 saturated carbocycles. The normalized spacial score (nSPS) is 14.6. The standard InChI is InChI=1S/C18H18Cl2N2O2/c1-24-17-5-3-2-4-14(17)18(23)22-10-8-21(9-11-22)13-6-7-15(19)16(20)12-13/h2-7,12H,8-11H2,1H3. The first-order valence-corrected chi connectivity index (χ1v) is 8.48. The van der Waals surface area contributed by atoms with Crippen molar-refractivity contribution in [3.05, 3.63) is 58.1 Å². The van der Waals surface area contributed by atoms with Crippen LogP contribution in [0.25, 0.3) is 0 Å². The van der Waals surface area contributed by atoms with Crippen molar-refractivity contribution in [3.63, 3.8) is 0 Å². The van der Waals surface area contributed by atoms with Gasteiger partial charge in [-0.25, -0.2) is 0 Å². The summed E-state index contributed by atoms with van der Waals surface area (Å²) in [6.07, 6.45) is 0. The van der Waals surface area contributed by atoms with Crippen molar-refractivity contribution in [2.75, 3.05) is 38.2 Å². The van der Waals surface area contributed by atoms with Crippen LogP contribution in [0.5, 0.6) is 5.75 Å². The second-order valence-electron chi connectivity index (χ2n) is 5.58.